The standard InChI is InChI=1S/C25H30N6O5S.C22H23N5O6S.C3H9N.2CH4.H2/c1-14(2)28-23(34)25(4,5)30-20(33)19-15(3)21(31-26-11-12-27-31)37-22(19)29(24(30)35)13-17(32)16-9-7-8-10-18(16)36-6;1-12-16-17(29)26(22(2,3)20(30)31)21(32)25(19(16)34-18(12)27-23-9-10-24-27)11-14(28)13-7-5-6-8-15(13)33-4;1-3(2)4;;;/h7-12,14,17,32H,13H2,1-6H3,(H,28,34);5-10,14,28H,11H2,1-4H3,(H,30,31);3H,4H2,1-2H3;2*1H4;1H/t17-;14-;;;;/m00..../s1. The fraction of sp³-hybridized carbons (Fsp3) is 0.423. The number of para-hydroxylation sites is 2. The summed E-state index contributed by atoms with van der Waals surface area (Å²) in [4.78, 5) is 83.3. The third-order valence-corrected chi connectivity index (χ3v) is 14.5. The normalized spacial score (nSPS) is 12.2. The maximum Gasteiger partial charge on any atom is 0.333 e. The van der Waals surface area contributed by atoms with Gasteiger partial charge in [-0.2, -0.15) is 20.4 Å². The quantitative estimate of drug-likeness (QED) is 0.0827. The Hall–Kier alpha value is -7.58. The summed E-state index contributed by atoms with van der Waals surface area (Å²) in [5.41, 5.74) is 0.871. The molecular formula is C52H72N12O11S2. The predicted octanol–water partition coefficient (Wildman–Crippen LogP) is 5.66. The molecule has 0 spiro atoms. The van der Waals surface area contributed by atoms with E-state index in [0.29, 0.717) is 59.2 Å². The molecule has 77 heavy (non-hydrogen) atoms. The van der Waals surface area contributed by atoms with Crippen molar-refractivity contribution in [3.05, 3.63) is 137 Å². The second kappa shape index (κ2) is 25.1. The minimum atomic E-state index is -1.84. The number of aromatic nitrogens is 10. The van der Waals surface area contributed by atoms with Gasteiger partial charge in [-0.3, -0.25) is 23.5 Å². The van der Waals surface area contributed by atoms with Crippen LogP contribution < -0.4 is 43.0 Å². The third-order valence-electron chi connectivity index (χ3n) is 11.9. The van der Waals surface area contributed by atoms with Crippen molar-refractivity contribution in [1.82, 2.24) is 53.6 Å². The fourth-order valence-corrected chi connectivity index (χ4v) is 10.5. The molecule has 8 aromatic rings. The lowest BCUT2D eigenvalue weighted by atomic mass is 10.0. The van der Waals surface area contributed by atoms with Gasteiger partial charge in [-0.15, -0.1) is 9.59 Å². The van der Waals surface area contributed by atoms with E-state index in [0.717, 1.165) is 15.9 Å². The maximum absolute atomic E-state index is 13.9. The zero-order valence-electron chi connectivity index (χ0n) is 43.6. The summed E-state index contributed by atoms with van der Waals surface area (Å²) in [6.07, 6.45) is 3.68. The van der Waals surface area contributed by atoms with Crippen LogP contribution in [0.5, 0.6) is 11.5 Å². The number of carboxylic acid groups (broad SMARTS) is 1. The Kier molecular flexibility index (Phi) is 20.2. The summed E-state index contributed by atoms with van der Waals surface area (Å²) in [6.45, 7) is 16.1. The minimum absolute atomic E-state index is 0. The van der Waals surface area contributed by atoms with Gasteiger partial charge in [0, 0.05) is 29.7 Å². The molecule has 0 aliphatic rings. The molecule has 0 unspecified atom stereocenters. The van der Waals surface area contributed by atoms with Crippen LogP contribution in [0.15, 0.2) is 92.5 Å². The number of methoxy groups -OCH3 is 2. The molecule has 0 aliphatic heterocycles. The van der Waals surface area contributed by atoms with Crippen molar-refractivity contribution in [2.45, 2.75) is 133 Å². The van der Waals surface area contributed by atoms with E-state index >= 15 is 0 Å². The van der Waals surface area contributed by atoms with Gasteiger partial charge in [-0.1, -0.05) is 87.8 Å². The van der Waals surface area contributed by atoms with E-state index in [9.17, 15) is 44.1 Å². The number of carbonyl (C=O) groups is 2. The molecule has 0 fully saturated rings. The Morgan fingerprint density at radius 3 is 1.32 bits per heavy atom. The number of hydrogen-bond acceptors (Lipinski definition) is 17. The Bertz CT molecular complexity index is 3590. The highest BCUT2D eigenvalue weighted by molar-refractivity contribution is 7.21. The smallest absolute Gasteiger partial charge is 0.333 e. The molecule has 1 amide bonds. The Labute approximate surface area is 453 Å². The number of carbonyl (C=O) groups excluding carboxylic acids is 1. The molecule has 6 aromatic heterocycles. The van der Waals surface area contributed by atoms with Gasteiger partial charge in [-0.25, -0.2) is 23.5 Å². The zero-order chi connectivity index (χ0) is 55.4. The number of aryl methyl sites for hydroxylation is 2. The van der Waals surface area contributed by atoms with Gasteiger partial charge in [0.2, 0.25) is 5.91 Å². The Balaban J connectivity index is 0.000000371. The number of aliphatic hydroxyl groups is 2. The number of amides is 1. The van der Waals surface area contributed by atoms with Crippen molar-refractivity contribution in [2.75, 3.05) is 14.2 Å². The van der Waals surface area contributed by atoms with Crippen molar-refractivity contribution < 1.29 is 35.8 Å². The number of rotatable bonds is 15. The van der Waals surface area contributed by atoms with Crippen LogP contribution in [0.4, 0.5) is 0 Å². The summed E-state index contributed by atoms with van der Waals surface area (Å²) in [7, 11) is 2.97. The molecule has 0 radical (unpaired) electrons. The van der Waals surface area contributed by atoms with E-state index < -0.39 is 57.7 Å². The average molecular weight is 1110 g/mol. The molecule has 0 aliphatic carbocycles. The Morgan fingerprint density at radius 2 is 1.00 bits per heavy atom. The molecule has 25 heteroatoms. The van der Waals surface area contributed by atoms with Crippen molar-refractivity contribution in [3.8, 4) is 21.5 Å². The monoisotopic (exact) mass is 1100 g/mol. The number of carboxylic acids is 1. The molecule has 23 nitrogen and oxygen atoms in total. The highest BCUT2D eigenvalue weighted by atomic mass is 32.1. The van der Waals surface area contributed by atoms with Crippen molar-refractivity contribution in [1.29, 1.82) is 0 Å². The molecule has 6 N–H and O–H groups in total. The van der Waals surface area contributed by atoms with Gasteiger partial charge < -0.3 is 35.8 Å². The molecule has 0 saturated carbocycles. The molecule has 418 valence electrons. The third kappa shape index (κ3) is 12.3. The molecule has 0 saturated heterocycles. The van der Waals surface area contributed by atoms with Crippen molar-refractivity contribution >= 4 is 55.0 Å². The van der Waals surface area contributed by atoms with Crippen LogP contribution in [-0.2, 0) is 33.8 Å². The van der Waals surface area contributed by atoms with Gasteiger partial charge >= 0.3 is 17.3 Å². The fourth-order valence-electron chi connectivity index (χ4n) is 8.06. The van der Waals surface area contributed by atoms with Gasteiger partial charge in [0.05, 0.1) is 62.9 Å². The van der Waals surface area contributed by atoms with Crippen LogP contribution in [0.3, 0.4) is 0 Å². The number of nitrogens with zero attached hydrogens (tertiary/aromatic N) is 10. The van der Waals surface area contributed by atoms with E-state index in [-0.39, 0.29) is 51.0 Å². The first kappa shape index (κ1) is 62.0. The lowest BCUT2D eigenvalue weighted by Crippen LogP contribution is -2.56. The number of aliphatic carboxylic acids is 1. The number of nitrogens with one attached hydrogen (secondary N) is 1. The van der Waals surface area contributed by atoms with E-state index in [2.05, 4.69) is 25.7 Å². The van der Waals surface area contributed by atoms with Crippen LogP contribution in [0, 0.1) is 13.8 Å². The van der Waals surface area contributed by atoms with Gasteiger partial charge in [0.1, 0.15) is 54.4 Å². The topological polar surface area (TPSA) is 301 Å². The Morgan fingerprint density at radius 1 is 0.662 bits per heavy atom. The number of benzene rings is 2. The van der Waals surface area contributed by atoms with Gasteiger partial charge in [0.15, 0.2) is 0 Å². The average Bonchev–Trinajstić information content (AvgIpc) is 4.19. The van der Waals surface area contributed by atoms with E-state index in [4.69, 9.17) is 15.2 Å². The summed E-state index contributed by atoms with van der Waals surface area (Å²) in [5, 5.41) is 52.8. The number of aliphatic hydroxyl groups excluding tert-OH is 2. The minimum Gasteiger partial charge on any atom is -0.496 e. The highest BCUT2D eigenvalue weighted by Gasteiger charge is 2.38. The van der Waals surface area contributed by atoms with E-state index in [1.54, 1.807) is 76.2 Å². The molecular weight excluding hydrogens is 1030 g/mol. The largest absolute Gasteiger partial charge is 0.496 e. The van der Waals surface area contributed by atoms with Crippen LogP contribution in [0.25, 0.3) is 30.4 Å². The molecule has 2 aromatic carbocycles. The van der Waals surface area contributed by atoms with Crippen LogP contribution in [-0.4, -0.2) is 102 Å². The lowest BCUT2D eigenvalue weighted by molar-refractivity contribution is -0.146. The summed E-state index contributed by atoms with van der Waals surface area (Å²) < 4.78 is 14.9. The summed E-state index contributed by atoms with van der Waals surface area (Å²) in [6, 6.07) is 13.9. The predicted molar refractivity (Wildman–Crippen MR) is 300 cm³/mol. The van der Waals surface area contributed by atoms with Crippen molar-refractivity contribution in [2.24, 2.45) is 5.73 Å². The summed E-state index contributed by atoms with van der Waals surface area (Å²) in [5.74, 6) is -0.917. The second-order valence-corrected chi connectivity index (χ2v) is 20.9. The van der Waals surface area contributed by atoms with Gasteiger partial charge in [0.25, 0.3) is 11.1 Å². The molecule has 0 bridgehead atoms. The van der Waals surface area contributed by atoms with E-state index in [1.165, 1.54) is 96.8 Å². The van der Waals surface area contributed by atoms with Crippen LogP contribution >= 0.6 is 22.7 Å². The van der Waals surface area contributed by atoms with Crippen molar-refractivity contribution in [3.63, 3.8) is 0 Å². The first-order valence-corrected chi connectivity index (χ1v) is 25.2. The molecule has 2 atom stereocenters. The van der Waals surface area contributed by atoms with Gasteiger partial charge in [-0.05, 0) is 73.6 Å². The number of thiophene rings is 2. The number of nitrogens with two attached hydrogens (primary N) is 1. The van der Waals surface area contributed by atoms with Crippen LogP contribution in [0.1, 0.15) is 106 Å². The summed E-state index contributed by atoms with van der Waals surface area (Å²) >= 11 is 2.28. The zero-order valence-corrected chi connectivity index (χ0v) is 45.3. The molecule has 8 rings (SSSR count). The number of hydrogen-bond donors (Lipinski definition) is 5. The first-order valence-electron chi connectivity index (χ1n) is 23.6. The lowest BCUT2D eigenvalue weighted by Gasteiger charge is -2.28. The highest BCUT2D eigenvalue weighted by Crippen LogP contribution is 2.35. The second-order valence-electron chi connectivity index (χ2n) is 18.9. The number of ether oxygens (including phenoxy) is 2. The maximum atomic E-state index is 13.9. The van der Waals surface area contributed by atoms with E-state index in [1.807, 2.05) is 13.8 Å². The molecule has 6 heterocycles. The van der Waals surface area contributed by atoms with Crippen LogP contribution in [0.2, 0.25) is 0 Å². The SMILES string of the molecule is C.C.CC(C)N.COc1ccccc1[C@@H](O)Cn1c(=O)n(C(C)(C)C(=O)NC(C)C)c(=O)c2c(C)c(-n3nccn3)sc21.COc1ccccc1[C@@H](O)Cn1c(=O)n(C(C)(C)C(=O)O)c(=O)c2c(C)c(-n3nccn3)sc21.[HH]. The number of fused-ring (bicyclic) bond motifs is 2. The first-order chi connectivity index (χ1) is 35.3.